The SMILES string of the molecule is CN1CC=CC=C1N(c1ccc(-c2ccc3c(c2)c2ccccc2n3-c2ccccc2)cc1)c1ccc2c(c1)C(C)(C)c1ccccc1-2. The Kier molecular flexibility index (Phi) is 6.45. The van der Waals surface area contributed by atoms with Gasteiger partial charge in [0, 0.05) is 46.8 Å². The summed E-state index contributed by atoms with van der Waals surface area (Å²) in [4.78, 5) is 4.72. The summed E-state index contributed by atoms with van der Waals surface area (Å²) in [5.41, 5.74) is 13.7. The average Bonchev–Trinajstić information content (AvgIpc) is 3.58. The zero-order chi connectivity index (χ0) is 32.4. The summed E-state index contributed by atoms with van der Waals surface area (Å²) in [6.07, 6.45) is 6.60. The number of likely N-dealkylation sites (N-methyl/N-ethyl adjacent to an activating group) is 1. The Morgan fingerprint density at radius 1 is 0.583 bits per heavy atom. The van der Waals surface area contributed by atoms with E-state index in [-0.39, 0.29) is 5.41 Å². The van der Waals surface area contributed by atoms with Gasteiger partial charge in [0.05, 0.1) is 11.0 Å². The van der Waals surface area contributed by atoms with Crippen molar-refractivity contribution in [3.63, 3.8) is 0 Å². The third kappa shape index (κ3) is 4.35. The van der Waals surface area contributed by atoms with Gasteiger partial charge in [0.1, 0.15) is 5.82 Å². The van der Waals surface area contributed by atoms with E-state index in [0.29, 0.717) is 0 Å². The maximum atomic E-state index is 2.41. The lowest BCUT2D eigenvalue weighted by Crippen LogP contribution is -2.31. The molecule has 0 unspecified atom stereocenters. The van der Waals surface area contributed by atoms with Crippen LogP contribution in [0.5, 0.6) is 0 Å². The number of aromatic nitrogens is 1. The first kappa shape index (κ1) is 28.4. The second-order valence-corrected chi connectivity index (χ2v) is 13.5. The number of hydrogen-bond donors (Lipinski definition) is 0. The van der Waals surface area contributed by atoms with Crippen molar-refractivity contribution in [2.45, 2.75) is 19.3 Å². The molecule has 48 heavy (non-hydrogen) atoms. The third-order valence-electron chi connectivity index (χ3n) is 10.4. The van der Waals surface area contributed by atoms with Crippen molar-refractivity contribution in [3.8, 4) is 27.9 Å². The summed E-state index contributed by atoms with van der Waals surface area (Å²) in [7, 11) is 2.17. The van der Waals surface area contributed by atoms with Crippen LogP contribution in [0.15, 0.2) is 164 Å². The highest BCUT2D eigenvalue weighted by atomic mass is 15.3. The van der Waals surface area contributed by atoms with E-state index >= 15 is 0 Å². The number of nitrogens with zero attached hydrogens (tertiary/aromatic N) is 3. The number of hydrogen-bond acceptors (Lipinski definition) is 2. The molecule has 6 aromatic carbocycles. The molecule has 0 atom stereocenters. The molecule has 3 heteroatoms. The standard InChI is InChI=1S/C45H37N3/c1-45(2)40-17-9-7-15-36(40)37-26-25-35(30-41(37)45)47(44-19-11-12-28-46(44)3)34-23-20-31(21-24-34)32-22-27-43-39(29-32)38-16-8-10-18-42(38)48(43)33-13-5-4-6-14-33/h4-27,29-30H,28H2,1-3H3. The maximum Gasteiger partial charge on any atom is 0.113 e. The maximum absolute atomic E-state index is 2.41. The van der Waals surface area contributed by atoms with E-state index in [4.69, 9.17) is 0 Å². The van der Waals surface area contributed by atoms with Crippen LogP contribution in [-0.2, 0) is 5.41 Å². The van der Waals surface area contributed by atoms with Gasteiger partial charge in [0.25, 0.3) is 0 Å². The summed E-state index contributed by atoms with van der Waals surface area (Å²) < 4.78 is 2.37. The molecule has 0 saturated carbocycles. The molecular formula is C45H37N3. The Morgan fingerprint density at radius 2 is 1.27 bits per heavy atom. The van der Waals surface area contributed by atoms with Crippen molar-refractivity contribution in [1.29, 1.82) is 0 Å². The molecule has 9 rings (SSSR count). The number of anilines is 2. The Labute approximate surface area is 282 Å². The van der Waals surface area contributed by atoms with Gasteiger partial charge >= 0.3 is 0 Å². The molecule has 232 valence electrons. The lowest BCUT2D eigenvalue weighted by Gasteiger charge is -2.35. The quantitative estimate of drug-likeness (QED) is 0.190. The zero-order valence-corrected chi connectivity index (χ0v) is 27.6. The van der Waals surface area contributed by atoms with Crippen molar-refractivity contribution in [3.05, 3.63) is 175 Å². The highest BCUT2D eigenvalue weighted by Crippen LogP contribution is 2.50. The first-order chi connectivity index (χ1) is 23.5. The number of fused-ring (bicyclic) bond motifs is 6. The van der Waals surface area contributed by atoms with Gasteiger partial charge in [-0.15, -0.1) is 0 Å². The predicted molar refractivity (Wildman–Crippen MR) is 202 cm³/mol. The summed E-state index contributed by atoms with van der Waals surface area (Å²) >= 11 is 0. The van der Waals surface area contributed by atoms with E-state index < -0.39 is 0 Å². The molecule has 7 aromatic rings. The van der Waals surface area contributed by atoms with E-state index in [1.54, 1.807) is 0 Å². The van der Waals surface area contributed by atoms with Gasteiger partial charge < -0.3 is 9.47 Å². The second-order valence-electron chi connectivity index (χ2n) is 13.5. The van der Waals surface area contributed by atoms with E-state index in [0.717, 1.165) is 18.1 Å². The summed E-state index contributed by atoms with van der Waals surface area (Å²) in [6, 6.07) is 51.2. The lowest BCUT2D eigenvalue weighted by molar-refractivity contribution is 0.450. The molecule has 2 aliphatic rings. The molecule has 1 aliphatic heterocycles. The van der Waals surface area contributed by atoms with Crippen LogP contribution in [-0.4, -0.2) is 23.1 Å². The fourth-order valence-electron chi connectivity index (χ4n) is 7.89. The van der Waals surface area contributed by atoms with Gasteiger partial charge in [-0.05, 0) is 94.1 Å². The highest BCUT2D eigenvalue weighted by Gasteiger charge is 2.36. The van der Waals surface area contributed by atoms with Crippen LogP contribution in [0.1, 0.15) is 25.0 Å². The van der Waals surface area contributed by atoms with Crippen molar-refractivity contribution in [1.82, 2.24) is 9.47 Å². The van der Waals surface area contributed by atoms with Crippen LogP contribution in [0.4, 0.5) is 11.4 Å². The van der Waals surface area contributed by atoms with Crippen LogP contribution in [0.3, 0.4) is 0 Å². The topological polar surface area (TPSA) is 11.4 Å². The summed E-state index contributed by atoms with van der Waals surface area (Å²) in [5.74, 6) is 1.16. The van der Waals surface area contributed by atoms with E-state index in [1.807, 2.05) is 0 Å². The third-order valence-corrected chi connectivity index (χ3v) is 10.4. The molecule has 0 saturated heterocycles. The summed E-state index contributed by atoms with van der Waals surface area (Å²) in [6.45, 7) is 5.58. The average molecular weight is 620 g/mol. The smallest absolute Gasteiger partial charge is 0.113 e. The molecule has 0 amide bonds. The van der Waals surface area contributed by atoms with Crippen LogP contribution in [0.2, 0.25) is 0 Å². The van der Waals surface area contributed by atoms with Gasteiger partial charge in [0.2, 0.25) is 0 Å². The van der Waals surface area contributed by atoms with Crippen molar-refractivity contribution < 1.29 is 0 Å². The molecule has 0 N–H and O–H groups in total. The second kappa shape index (κ2) is 10.9. The van der Waals surface area contributed by atoms with Crippen LogP contribution >= 0.6 is 0 Å². The molecule has 0 fully saturated rings. The molecule has 0 radical (unpaired) electrons. The largest absolute Gasteiger partial charge is 0.357 e. The van der Waals surface area contributed by atoms with Crippen LogP contribution in [0.25, 0.3) is 49.7 Å². The van der Waals surface area contributed by atoms with E-state index in [2.05, 4.69) is 193 Å². The van der Waals surface area contributed by atoms with Crippen LogP contribution in [0, 0.1) is 0 Å². The highest BCUT2D eigenvalue weighted by molar-refractivity contribution is 6.10. The van der Waals surface area contributed by atoms with E-state index in [9.17, 15) is 0 Å². The molecule has 3 nitrogen and oxygen atoms in total. The van der Waals surface area contributed by atoms with Gasteiger partial charge in [-0.2, -0.15) is 0 Å². The Hall–Kier alpha value is -5.80. The van der Waals surface area contributed by atoms with E-state index in [1.165, 1.54) is 66.6 Å². The molecule has 2 heterocycles. The number of allylic oxidation sites excluding steroid dienone is 2. The monoisotopic (exact) mass is 619 g/mol. The molecule has 0 bridgehead atoms. The molecular weight excluding hydrogens is 583 g/mol. The minimum atomic E-state index is -0.0630. The molecule has 1 aliphatic carbocycles. The number of para-hydroxylation sites is 2. The van der Waals surface area contributed by atoms with Gasteiger partial charge in [0.15, 0.2) is 0 Å². The normalized spacial score (nSPS) is 14.6. The first-order valence-corrected chi connectivity index (χ1v) is 16.8. The Bertz CT molecular complexity index is 2410. The zero-order valence-electron chi connectivity index (χ0n) is 27.6. The lowest BCUT2D eigenvalue weighted by atomic mass is 9.82. The van der Waals surface area contributed by atoms with Gasteiger partial charge in [-0.25, -0.2) is 0 Å². The van der Waals surface area contributed by atoms with Gasteiger partial charge in [-0.1, -0.05) is 111 Å². The predicted octanol–water partition coefficient (Wildman–Crippen LogP) is 11.2. The van der Waals surface area contributed by atoms with Crippen LogP contribution < -0.4 is 4.90 Å². The van der Waals surface area contributed by atoms with Gasteiger partial charge in [-0.3, -0.25) is 4.90 Å². The van der Waals surface area contributed by atoms with Crippen molar-refractivity contribution in [2.75, 3.05) is 18.5 Å². The molecule has 1 aromatic heterocycles. The fraction of sp³-hybridized carbons (Fsp3) is 0.111. The summed E-state index contributed by atoms with van der Waals surface area (Å²) in [5, 5.41) is 2.53. The minimum absolute atomic E-state index is 0.0630. The van der Waals surface area contributed by atoms with Crippen molar-refractivity contribution >= 4 is 33.2 Å². The fourth-order valence-corrected chi connectivity index (χ4v) is 7.89. The Balaban J connectivity index is 1.13. The number of benzene rings is 6. The number of rotatable bonds is 5. The first-order valence-electron chi connectivity index (χ1n) is 16.8. The minimum Gasteiger partial charge on any atom is -0.357 e. The Morgan fingerprint density at radius 3 is 2.10 bits per heavy atom. The molecule has 0 spiro atoms. The van der Waals surface area contributed by atoms with Crippen molar-refractivity contribution in [2.24, 2.45) is 0 Å².